The molecule has 3 heterocycles. The van der Waals surface area contributed by atoms with Crippen LogP contribution in [0.2, 0.25) is 0 Å². The Hall–Kier alpha value is -2.93. The first-order chi connectivity index (χ1) is 13.7. The Kier molecular flexibility index (Phi) is 4.24. The molecule has 1 saturated heterocycles. The number of carbonyl (C=O) groups is 1. The monoisotopic (exact) mass is 381 g/mol. The first-order valence-electron chi connectivity index (χ1n) is 9.48. The van der Waals surface area contributed by atoms with Gasteiger partial charge in [-0.15, -0.1) is 0 Å². The Morgan fingerprint density at radius 1 is 1.18 bits per heavy atom. The van der Waals surface area contributed by atoms with E-state index in [0.29, 0.717) is 11.5 Å². The van der Waals surface area contributed by atoms with E-state index in [9.17, 15) is 9.18 Å². The van der Waals surface area contributed by atoms with Gasteiger partial charge in [-0.2, -0.15) is 0 Å². The molecule has 1 N–H and O–H groups in total. The number of hydrogen-bond donors (Lipinski definition) is 1. The molecule has 28 heavy (non-hydrogen) atoms. The van der Waals surface area contributed by atoms with Crippen LogP contribution in [0.1, 0.15) is 30.0 Å². The van der Waals surface area contributed by atoms with Crippen molar-refractivity contribution in [3.05, 3.63) is 53.5 Å². The van der Waals surface area contributed by atoms with Gasteiger partial charge in [0.05, 0.1) is 11.4 Å². The lowest BCUT2D eigenvalue weighted by molar-refractivity contribution is -0.118. The molecule has 3 aromatic rings. The lowest BCUT2D eigenvalue weighted by atomic mass is 9.91. The van der Waals surface area contributed by atoms with Gasteiger partial charge in [-0.25, -0.2) is 4.39 Å². The zero-order valence-electron chi connectivity index (χ0n) is 15.3. The van der Waals surface area contributed by atoms with E-state index < -0.39 is 0 Å². The van der Waals surface area contributed by atoms with E-state index in [0.717, 1.165) is 60.6 Å². The van der Waals surface area contributed by atoms with Gasteiger partial charge in [-0.1, -0.05) is 11.2 Å². The summed E-state index contributed by atoms with van der Waals surface area (Å²) < 4.78 is 24.1. The number of aromatic nitrogens is 1. The summed E-state index contributed by atoms with van der Waals surface area (Å²) in [4.78, 5) is 13.9. The van der Waals surface area contributed by atoms with E-state index in [1.54, 1.807) is 6.07 Å². The molecular weight excluding hydrogens is 361 g/mol. The van der Waals surface area contributed by atoms with E-state index in [1.165, 1.54) is 12.1 Å². The first-order valence-corrected chi connectivity index (χ1v) is 9.48. The Labute approximate surface area is 161 Å². The molecule has 5 rings (SSSR count). The zero-order chi connectivity index (χ0) is 19.1. The number of anilines is 1. The third kappa shape index (κ3) is 3.22. The van der Waals surface area contributed by atoms with Crippen LogP contribution in [0.25, 0.3) is 11.0 Å². The Bertz CT molecular complexity index is 1040. The number of piperidine rings is 1. The molecule has 1 fully saturated rings. The summed E-state index contributed by atoms with van der Waals surface area (Å²) in [6, 6.07) is 10.5. The largest absolute Gasteiger partial charge is 0.482 e. The SMILES string of the molecule is O=C1COc2ccc(CN3CCC(c4noc5cc(F)ccc45)CC3)cc2N1. The minimum Gasteiger partial charge on any atom is -0.482 e. The van der Waals surface area contributed by atoms with E-state index >= 15 is 0 Å². The van der Waals surface area contributed by atoms with E-state index in [2.05, 4.69) is 15.4 Å². The van der Waals surface area contributed by atoms with Gasteiger partial charge in [0.25, 0.3) is 5.91 Å². The standard InChI is InChI=1S/C21H20FN3O3/c22-15-2-3-16-19(10-15)28-24-21(16)14-5-7-25(8-6-14)11-13-1-4-18-17(9-13)23-20(26)12-27-18/h1-4,9-10,14H,5-8,11-12H2,(H,23,26). The molecule has 0 unspecified atom stereocenters. The second-order valence-corrected chi connectivity index (χ2v) is 7.43. The van der Waals surface area contributed by atoms with Gasteiger partial charge < -0.3 is 14.6 Å². The summed E-state index contributed by atoms with van der Waals surface area (Å²) in [5.41, 5.74) is 3.33. The number of carbonyl (C=O) groups excluding carboxylic acids is 1. The average molecular weight is 381 g/mol. The fourth-order valence-electron chi connectivity index (χ4n) is 4.08. The van der Waals surface area contributed by atoms with Crippen molar-refractivity contribution in [3.8, 4) is 5.75 Å². The van der Waals surface area contributed by atoms with Crippen molar-refractivity contribution in [1.82, 2.24) is 10.1 Å². The van der Waals surface area contributed by atoms with Crippen molar-refractivity contribution < 1.29 is 18.4 Å². The maximum atomic E-state index is 13.3. The van der Waals surface area contributed by atoms with Gasteiger partial charge in [-0.05, 0) is 55.8 Å². The number of halogens is 1. The number of ether oxygens (including phenoxy) is 1. The summed E-state index contributed by atoms with van der Waals surface area (Å²) in [5, 5.41) is 7.97. The highest BCUT2D eigenvalue weighted by Gasteiger charge is 2.25. The average Bonchev–Trinajstić information content (AvgIpc) is 3.11. The van der Waals surface area contributed by atoms with E-state index in [1.807, 2.05) is 18.2 Å². The lowest BCUT2D eigenvalue weighted by Gasteiger charge is -2.31. The molecule has 0 radical (unpaired) electrons. The summed E-state index contributed by atoms with van der Waals surface area (Å²) in [6.45, 7) is 2.78. The number of rotatable bonds is 3. The van der Waals surface area contributed by atoms with Crippen molar-refractivity contribution >= 4 is 22.6 Å². The molecule has 2 aliphatic rings. The summed E-state index contributed by atoms with van der Waals surface area (Å²) >= 11 is 0. The highest BCUT2D eigenvalue weighted by Crippen LogP contribution is 2.34. The molecule has 6 nitrogen and oxygen atoms in total. The smallest absolute Gasteiger partial charge is 0.262 e. The van der Waals surface area contributed by atoms with Crippen LogP contribution >= 0.6 is 0 Å². The van der Waals surface area contributed by atoms with Gasteiger partial charge in [0, 0.05) is 23.9 Å². The number of benzene rings is 2. The van der Waals surface area contributed by atoms with Gasteiger partial charge in [-0.3, -0.25) is 9.69 Å². The molecule has 0 saturated carbocycles. The van der Waals surface area contributed by atoms with Crippen molar-refractivity contribution in [3.63, 3.8) is 0 Å². The number of fused-ring (bicyclic) bond motifs is 2. The zero-order valence-corrected chi connectivity index (χ0v) is 15.3. The quantitative estimate of drug-likeness (QED) is 0.750. The predicted molar refractivity (Wildman–Crippen MR) is 102 cm³/mol. The van der Waals surface area contributed by atoms with Crippen molar-refractivity contribution in [2.45, 2.75) is 25.3 Å². The molecule has 1 amide bonds. The van der Waals surface area contributed by atoms with Crippen molar-refractivity contribution in [2.75, 3.05) is 25.0 Å². The number of nitrogens with zero attached hydrogens (tertiary/aromatic N) is 2. The topological polar surface area (TPSA) is 67.6 Å². The number of hydrogen-bond acceptors (Lipinski definition) is 5. The van der Waals surface area contributed by atoms with Crippen LogP contribution < -0.4 is 10.1 Å². The minimum absolute atomic E-state index is 0.0726. The molecule has 2 aliphatic heterocycles. The van der Waals surface area contributed by atoms with Crippen LogP contribution in [-0.4, -0.2) is 35.7 Å². The molecule has 144 valence electrons. The highest BCUT2D eigenvalue weighted by molar-refractivity contribution is 5.95. The fourth-order valence-corrected chi connectivity index (χ4v) is 4.08. The number of amides is 1. The van der Waals surface area contributed by atoms with Gasteiger partial charge in [0.15, 0.2) is 12.2 Å². The van der Waals surface area contributed by atoms with E-state index in [-0.39, 0.29) is 18.3 Å². The molecular formula is C21H20FN3O3. The van der Waals surface area contributed by atoms with Crippen LogP contribution in [0.5, 0.6) is 5.75 Å². The van der Waals surface area contributed by atoms with Gasteiger partial charge in [0.1, 0.15) is 11.6 Å². The molecule has 0 spiro atoms. The lowest BCUT2D eigenvalue weighted by Crippen LogP contribution is -2.32. The Balaban J connectivity index is 1.25. The van der Waals surface area contributed by atoms with Crippen LogP contribution in [0.15, 0.2) is 40.9 Å². The first kappa shape index (κ1) is 17.2. The summed E-state index contributed by atoms with van der Waals surface area (Å²) in [6.07, 6.45) is 1.95. The molecule has 1 aromatic heterocycles. The second kappa shape index (κ2) is 6.91. The number of likely N-dealkylation sites (tertiary alicyclic amines) is 1. The maximum Gasteiger partial charge on any atom is 0.262 e. The third-order valence-corrected chi connectivity index (χ3v) is 5.52. The summed E-state index contributed by atoms with van der Waals surface area (Å²) in [5.74, 6) is 0.609. The van der Waals surface area contributed by atoms with Crippen LogP contribution in [0.3, 0.4) is 0 Å². The van der Waals surface area contributed by atoms with Gasteiger partial charge in [0.2, 0.25) is 0 Å². The van der Waals surface area contributed by atoms with Crippen LogP contribution in [0.4, 0.5) is 10.1 Å². The maximum absolute atomic E-state index is 13.3. The second-order valence-electron chi connectivity index (χ2n) is 7.43. The van der Waals surface area contributed by atoms with E-state index in [4.69, 9.17) is 9.26 Å². The fraction of sp³-hybridized carbons (Fsp3) is 0.333. The third-order valence-electron chi connectivity index (χ3n) is 5.52. The molecule has 0 aliphatic carbocycles. The minimum atomic E-state index is -0.309. The molecule has 7 heteroatoms. The highest BCUT2D eigenvalue weighted by atomic mass is 19.1. The summed E-state index contributed by atoms with van der Waals surface area (Å²) in [7, 11) is 0. The van der Waals surface area contributed by atoms with Crippen LogP contribution in [-0.2, 0) is 11.3 Å². The van der Waals surface area contributed by atoms with Gasteiger partial charge >= 0.3 is 0 Å². The van der Waals surface area contributed by atoms with Crippen LogP contribution in [0, 0.1) is 5.82 Å². The normalized spacial score (nSPS) is 18.0. The predicted octanol–water partition coefficient (Wildman–Crippen LogP) is 3.68. The molecule has 2 aromatic carbocycles. The molecule has 0 bridgehead atoms. The number of nitrogens with one attached hydrogen (secondary N) is 1. The Morgan fingerprint density at radius 3 is 2.89 bits per heavy atom. The Morgan fingerprint density at radius 2 is 2.04 bits per heavy atom. The van der Waals surface area contributed by atoms with Crippen molar-refractivity contribution in [1.29, 1.82) is 0 Å². The van der Waals surface area contributed by atoms with Crippen molar-refractivity contribution in [2.24, 2.45) is 0 Å². The molecule has 0 atom stereocenters.